The highest BCUT2D eigenvalue weighted by molar-refractivity contribution is 5.60. The number of aromatic nitrogens is 2. The number of rotatable bonds is 9. The molecule has 0 spiro atoms. The molecule has 1 heterocycles. The average molecular weight is 422 g/mol. The summed E-state index contributed by atoms with van der Waals surface area (Å²) >= 11 is 0. The van der Waals surface area contributed by atoms with Crippen LogP contribution in [-0.4, -0.2) is 46.1 Å². The van der Waals surface area contributed by atoms with Crippen molar-refractivity contribution in [3.63, 3.8) is 0 Å². The van der Waals surface area contributed by atoms with E-state index in [0.29, 0.717) is 24.7 Å². The van der Waals surface area contributed by atoms with Crippen molar-refractivity contribution in [3.05, 3.63) is 59.9 Å². The van der Waals surface area contributed by atoms with E-state index in [1.54, 1.807) is 10.8 Å². The van der Waals surface area contributed by atoms with Crippen LogP contribution in [0.4, 0.5) is 28.7 Å². The maximum Gasteiger partial charge on any atom is 0.249 e. The van der Waals surface area contributed by atoms with Gasteiger partial charge in [-0.15, -0.1) is 10.2 Å². The van der Waals surface area contributed by atoms with Gasteiger partial charge in [-0.1, -0.05) is 0 Å². The largest absolute Gasteiger partial charge is 0.395 e. The number of azo groups is 2. The predicted molar refractivity (Wildman–Crippen MR) is 120 cm³/mol. The standard InChI is InChI=1S/C22H27N7O2/c1-16-17(2)21(26-27-22-23-10-11-28(22)3)9-8-20(16)25-24-18-4-6-19(7-5-18)29(12-14-30)13-15-31/h4-11,30-31H,12-15H2,1-3H3/b25-24+,27-26+. The van der Waals surface area contributed by atoms with Crippen molar-refractivity contribution in [2.24, 2.45) is 27.5 Å². The minimum atomic E-state index is 0.0251. The van der Waals surface area contributed by atoms with Gasteiger partial charge >= 0.3 is 0 Å². The number of aliphatic hydroxyl groups is 2. The lowest BCUT2D eigenvalue weighted by Crippen LogP contribution is -2.29. The molecule has 0 saturated heterocycles. The zero-order chi connectivity index (χ0) is 22.2. The van der Waals surface area contributed by atoms with Crippen LogP contribution in [0.25, 0.3) is 0 Å². The number of anilines is 1. The summed E-state index contributed by atoms with van der Waals surface area (Å²) in [4.78, 5) is 6.05. The molecule has 0 aliphatic rings. The number of aryl methyl sites for hydroxylation is 1. The van der Waals surface area contributed by atoms with E-state index in [4.69, 9.17) is 0 Å². The second-order valence-corrected chi connectivity index (χ2v) is 7.04. The van der Waals surface area contributed by atoms with Crippen molar-refractivity contribution in [1.29, 1.82) is 0 Å². The van der Waals surface area contributed by atoms with E-state index < -0.39 is 0 Å². The SMILES string of the molecule is Cc1c(/N=N/c2ccc(N(CCO)CCO)cc2)ccc(/N=N/c2nccn2C)c1C. The van der Waals surface area contributed by atoms with Gasteiger partial charge in [0.05, 0.1) is 30.3 Å². The number of aliphatic hydroxyl groups excluding tert-OH is 2. The smallest absolute Gasteiger partial charge is 0.249 e. The molecule has 0 aliphatic carbocycles. The first kappa shape index (κ1) is 22.3. The lowest BCUT2D eigenvalue weighted by molar-refractivity contribution is 0.281. The molecule has 2 aromatic carbocycles. The van der Waals surface area contributed by atoms with Gasteiger partial charge in [0.15, 0.2) is 0 Å². The molecule has 31 heavy (non-hydrogen) atoms. The Morgan fingerprint density at radius 2 is 1.42 bits per heavy atom. The topological polar surface area (TPSA) is 111 Å². The van der Waals surface area contributed by atoms with E-state index >= 15 is 0 Å². The summed E-state index contributed by atoms with van der Waals surface area (Å²) in [6, 6.07) is 11.3. The van der Waals surface area contributed by atoms with Crippen LogP contribution >= 0.6 is 0 Å². The van der Waals surface area contributed by atoms with Crippen LogP contribution in [0, 0.1) is 13.8 Å². The third kappa shape index (κ3) is 5.59. The van der Waals surface area contributed by atoms with Crippen molar-refractivity contribution >= 4 is 28.7 Å². The molecule has 3 aromatic rings. The molecular formula is C22H27N7O2. The van der Waals surface area contributed by atoms with Crippen LogP contribution in [0.1, 0.15) is 11.1 Å². The van der Waals surface area contributed by atoms with Crippen molar-refractivity contribution in [1.82, 2.24) is 9.55 Å². The van der Waals surface area contributed by atoms with Crippen molar-refractivity contribution in [2.45, 2.75) is 13.8 Å². The Bertz CT molecular complexity index is 1050. The van der Waals surface area contributed by atoms with Crippen LogP contribution in [0.15, 0.2) is 69.2 Å². The molecule has 0 atom stereocenters. The lowest BCUT2D eigenvalue weighted by atomic mass is 10.1. The molecule has 1 aromatic heterocycles. The fraction of sp³-hybridized carbons (Fsp3) is 0.318. The second kappa shape index (κ2) is 10.6. The normalized spacial score (nSPS) is 11.6. The summed E-state index contributed by atoms with van der Waals surface area (Å²) in [5.74, 6) is 0.542. The minimum absolute atomic E-state index is 0.0251. The van der Waals surface area contributed by atoms with Gasteiger partial charge in [-0.2, -0.15) is 10.2 Å². The van der Waals surface area contributed by atoms with Gasteiger partial charge in [-0.3, -0.25) is 0 Å². The second-order valence-electron chi connectivity index (χ2n) is 7.04. The summed E-state index contributed by atoms with van der Waals surface area (Å²) < 4.78 is 1.80. The van der Waals surface area contributed by atoms with E-state index in [9.17, 15) is 10.2 Å². The van der Waals surface area contributed by atoms with E-state index in [-0.39, 0.29) is 13.2 Å². The summed E-state index contributed by atoms with van der Waals surface area (Å²) in [5, 5.41) is 35.6. The minimum Gasteiger partial charge on any atom is -0.395 e. The molecule has 0 unspecified atom stereocenters. The van der Waals surface area contributed by atoms with Gasteiger partial charge < -0.3 is 19.7 Å². The average Bonchev–Trinajstić information content (AvgIpc) is 3.19. The molecule has 0 radical (unpaired) electrons. The van der Waals surface area contributed by atoms with Gasteiger partial charge in [0.2, 0.25) is 5.95 Å². The maximum atomic E-state index is 9.18. The Morgan fingerprint density at radius 3 is 1.94 bits per heavy atom. The molecule has 0 saturated carbocycles. The Morgan fingerprint density at radius 1 is 0.839 bits per heavy atom. The number of nitrogens with zero attached hydrogens (tertiary/aromatic N) is 7. The summed E-state index contributed by atoms with van der Waals surface area (Å²) in [6.07, 6.45) is 3.50. The predicted octanol–water partition coefficient (Wildman–Crippen LogP) is 4.66. The quantitative estimate of drug-likeness (QED) is 0.490. The van der Waals surface area contributed by atoms with Crippen LogP contribution in [0.5, 0.6) is 0 Å². The van der Waals surface area contributed by atoms with E-state index in [2.05, 4.69) is 25.4 Å². The lowest BCUT2D eigenvalue weighted by Gasteiger charge is -2.22. The van der Waals surface area contributed by atoms with Gasteiger partial charge in [0, 0.05) is 38.2 Å². The Balaban J connectivity index is 1.74. The molecule has 9 heteroatoms. The number of hydrogen-bond acceptors (Lipinski definition) is 8. The third-order valence-electron chi connectivity index (χ3n) is 5.00. The van der Waals surface area contributed by atoms with E-state index in [1.807, 2.05) is 68.4 Å². The highest BCUT2D eigenvalue weighted by Crippen LogP contribution is 2.32. The maximum absolute atomic E-state index is 9.18. The first-order chi connectivity index (χ1) is 15.0. The van der Waals surface area contributed by atoms with Crippen molar-refractivity contribution in [3.8, 4) is 0 Å². The summed E-state index contributed by atoms with van der Waals surface area (Å²) in [7, 11) is 1.87. The zero-order valence-electron chi connectivity index (χ0n) is 18.0. The molecule has 0 aliphatic heterocycles. The highest BCUT2D eigenvalue weighted by Gasteiger charge is 2.07. The number of hydrogen-bond donors (Lipinski definition) is 2. The van der Waals surface area contributed by atoms with Crippen LogP contribution in [-0.2, 0) is 7.05 Å². The number of benzene rings is 2. The monoisotopic (exact) mass is 421 g/mol. The Hall–Kier alpha value is -3.43. The molecule has 2 N–H and O–H groups in total. The van der Waals surface area contributed by atoms with Gasteiger partial charge in [0.1, 0.15) is 0 Å². The zero-order valence-corrected chi connectivity index (χ0v) is 18.0. The van der Waals surface area contributed by atoms with E-state index in [1.165, 1.54) is 0 Å². The fourth-order valence-electron chi connectivity index (χ4n) is 3.01. The van der Waals surface area contributed by atoms with E-state index in [0.717, 1.165) is 28.2 Å². The molecule has 0 amide bonds. The summed E-state index contributed by atoms with van der Waals surface area (Å²) in [5.41, 5.74) is 5.11. The first-order valence-corrected chi connectivity index (χ1v) is 10.0. The van der Waals surface area contributed by atoms with Crippen LogP contribution in [0.2, 0.25) is 0 Å². The van der Waals surface area contributed by atoms with Crippen molar-refractivity contribution in [2.75, 3.05) is 31.2 Å². The molecular weight excluding hydrogens is 394 g/mol. The first-order valence-electron chi connectivity index (χ1n) is 10.0. The molecule has 3 rings (SSSR count). The Kier molecular flexibility index (Phi) is 7.58. The van der Waals surface area contributed by atoms with Crippen molar-refractivity contribution < 1.29 is 10.2 Å². The molecule has 0 fully saturated rings. The summed E-state index contributed by atoms with van der Waals surface area (Å²) in [6.45, 7) is 4.93. The third-order valence-corrected chi connectivity index (χ3v) is 5.00. The highest BCUT2D eigenvalue weighted by atomic mass is 16.3. The van der Waals surface area contributed by atoms with Gasteiger partial charge in [-0.25, -0.2) is 4.98 Å². The molecule has 162 valence electrons. The van der Waals surface area contributed by atoms with Crippen LogP contribution < -0.4 is 4.90 Å². The van der Waals surface area contributed by atoms with Crippen LogP contribution in [0.3, 0.4) is 0 Å². The molecule has 9 nitrogen and oxygen atoms in total. The molecule has 0 bridgehead atoms. The van der Waals surface area contributed by atoms with Gasteiger partial charge in [-0.05, 0) is 61.4 Å². The Labute approximate surface area is 181 Å². The fourth-order valence-corrected chi connectivity index (χ4v) is 3.01. The van der Waals surface area contributed by atoms with Gasteiger partial charge in [0.25, 0.3) is 0 Å². The number of imidazole rings is 1.